The SMILES string of the molecule is CCNC(=NCc1ccc(OC)cc1)NC1CN(C(=O)OC(C)(C)C)C1. The zero-order valence-corrected chi connectivity index (χ0v) is 16.3. The minimum atomic E-state index is -0.468. The normalized spacial score (nSPS) is 15.3. The maximum absolute atomic E-state index is 12.0. The number of ether oxygens (including phenoxy) is 2. The van der Waals surface area contributed by atoms with Crippen LogP contribution in [0, 0.1) is 0 Å². The number of likely N-dealkylation sites (tertiary alicyclic amines) is 1. The number of benzene rings is 1. The maximum Gasteiger partial charge on any atom is 0.410 e. The van der Waals surface area contributed by atoms with Crippen LogP contribution in [0.15, 0.2) is 29.3 Å². The molecule has 1 heterocycles. The van der Waals surface area contributed by atoms with Gasteiger partial charge in [0.15, 0.2) is 5.96 Å². The second-order valence-corrected chi connectivity index (χ2v) is 7.27. The first-order valence-electron chi connectivity index (χ1n) is 8.96. The van der Waals surface area contributed by atoms with Gasteiger partial charge in [0.25, 0.3) is 0 Å². The molecule has 1 aliphatic heterocycles. The molecular weight excluding hydrogens is 332 g/mol. The summed E-state index contributed by atoms with van der Waals surface area (Å²) in [4.78, 5) is 18.3. The number of nitrogens with zero attached hydrogens (tertiary/aromatic N) is 2. The zero-order chi connectivity index (χ0) is 19.2. The quantitative estimate of drug-likeness (QED) is 0.621. The molecule has 0 radical (unpaired) electrons. The molecule has 1 aromatic carbocycles. The topological polar surface area (TPSA) is 75.2 Å². The Morgan fingerprint density at radius 1 is 1.27 bits per heavy atom. The molecule has 0 atom stereocenters. The van der Waals surface area contributed by atoms with Gasteiger partial charge < -0.3 is 25.0 Å². The third-order valence-electron chi connectivity index (χ3n) is 3.80. The van der Waals surface area contributed by atoms with Crippen LogP contribution in [0.3, 0.4) is 0 Å². The Morgan fingerprint density at radius 3 is 2.46 bits per heavy atom. The first kappa shape index (κ1) is 19.9. The molecule has 0 bridgehead atoms. The van der Waals surface area contributed by atoms with Crippen LogP contribution in [-0.2, 0) is 11.3 Å². The van der Waals surface area contributed by atoms with E-state index in [0.29, 0.717) is 19.6 Å². The Bertz CT molecular complexity index is 617. The molecule has 0 saturated carbocycles. The van der Waals surface area contributed by atoms with Gasteiger partial charge in [-0.15, -0.1) is 0 Å². The first-order valence-corrected chi connectivity index (χ1v) is 8.96. The van der Waals surface area contributed by atoms with Crippen molar-refractivity contribution in [3.8, 4) is 5.75 Å². The van der Waals surface area contributed by atoms with Crippen molar-refractivity contribution < 1.29 is 14.3 Å². The summed E-state index contributed by atoms with van der Waals surface area (Å²) < 4.78 is 10.5. The van der Waals surface area contributed by atoms with Crippen LogP contribution in [0.2, 0.25) is 0 Å². The molecule has 1 aromatic rings. The number of carbonyl (C=O) groups excluding carboxylic acids is 1. The molecule has 0 spiro atoms. The molecule has 1 fully saturated rings. The second kappa shape index (κ2) is 8.78. The van der Waals surface area contributed by atoms with Crippen molar-refractivity contribution in [1.29, 1.82) is 0 Å². The summed E-state index contributed by atoms with van der Waals surface area (Å²) in [6, 6.07) is 8.03. The van der Waals surface area contributed by atoms with Gasteiger partial charge in [-0.05, 0) is 45.4 Å². The third-order valence-corrected chi connectivity index (χ3v) is 3.80. The minimum absolute atomic E-state index is 0.177. The van der Waals surface area contributed by atoms with E-state index in [2.05, 4.69) is 15.6 Å². The van der Waals surface area contributed by atoms with Gasteiger partial charge in [0.2, 0.25) is 0 Å². The van der Waals surface area contributed by atoms with Crippen LogP contribution in [0.4, 0.5) is 4.79 Å². The van der Waals surface area contributed by atoms with Gasteiger partial charge in [0.05, 0.1) is 19.7 Å². The summed E-state index contributed by atoms with van der Waals surface area (Å²) in [5.41, 5.74) is 0.636. The van der Waals surface area contributed by atoms with Gasteiger partial charge in [-0.2, -0.15) is 0 Å². The van der Waals surface area contributed by atoms with Crippen molar-refractivity contribution in [2.24, 2.45) is 4.99 Å². The van der Waals surface area contributed by atoms with Gasteiger partial charge in [-0.3, -0.25) is 0 Å². The molecule has 144 valence electrons. The van der Waals surface area contributed by atoms with Gasteiger partial charge >= 0.3 is 6.09 Å². The number of nitrogens with one attached hydrogen (secondary N) is 2. The lowest BCUT2D eigenvalue weighted by molar-refractivity contribution is 0.00701. The average molecular weight is 362 g/mol. The highest BCUT2D eigenvalue weighted by molar-refractivity contribution is 5.80. The lowest BCUT2D eigenvalue weighted by Gasteiger charge is -2.40. The van der Waals surface area contributed by atoms with Crippen molar-refractivity contribution in [3.05, 3.63) is 29.8 Å². The third kappa shape index (κ3) is 6.13. The molecule has 1 saturated heterocycles. The van der Waals surface area contributed by atoms with Crippen LogP contribution in [0.1, 0.15) is 33.3 Å². The first-order chi connectivity index (χ1) is 12.3. The van der Waals surface area contributed by atoms with E-state index in [0.717, 1.165) is 23.8 Å². The summed E-state index contributed by atoms with van der Waals surface area (Å²) in [5, 5.41) is 6.60. The van der Waals surface area contributed by atoms with Crippen molar-refractivity contribution >= 4 is 12.1 Å². The number of aliphatic imine (C=N–C) groups is 1. The van der Waals surface area contributed by atoms with Crippen LogP contribution in [0.25, 0.3) is 0 Å². The van der Waals surface area contributed by atoms with Crippen molar-refractivity contribution in [2.45, 2.75) is 45.9 Å². The van der Waals surface area contributed by atoms with Crippen molar-refractivity contribution in [2.75, 3.05) is 26.7 Å². The number of hydrogen-bond donors (Lipinski definition) is 2. The van der Waals surface area contributed by atoms with Crippen molar-refractivity contribution in [1.82, 2.24) is 15.5 Å². The number of guanidine groups is 1. The molecule has 0 aliphatic carbocycles. The van der Waals surface area contributed by atoms with Crippen LogP contribution < -0.4 is 15.4 Å². The summed E-state index contributed by atoms with van der Waals surface area (Å²) >= 11 is 0. The highest BCUT2D eigenvalue weighted by atomic mass is 16.6. The Kier molecular flexibility index (Phi) is 6.71. The number of amides is 1. The number of carbonyl (C=O) groups is 1. The molecule has 1 aliphatic rings. The Labute approximate surface area is 155 Å². The molecule has 1 amide bonds. The maximum atomic E-state index is 12.0. The molecule has 2 N–H and O–H groups in total. The lowest BCUT2D eigenvalue weighted by Crippen LogP contribution is -2.63. The Balaban J connectivity index is 1.84. The minimum Gasteiger partial charge on any atom is -0.497 e. The predicted molar refractivity (Wildman–Crippen MR) is 103 cm³/mol. The molecule has 0 aromatic heterocycles. The molecule has 26 heavy (non-hydrogen) atoms. The van der Waals surface area contributed by atoms with E-state index in [1.54, 1.807) is 12.0 Å². The van der Waals surface area contributed by atoms with E-state index in [1.807, 2.05) is 52.0 Å². The monoisotopic (exact) mass is 362 g/mol. The largest absolute Gasteiger partial charge is 0.497 e. The van der Waals surface area contributed by atoms with Gasteiger partial charge in [-0.25, -0.2) is 9.79 Å². The van der Waals surface area contributed by atoms with E-state index in [-0.39, 0.29) is 12.1 Å². The van der Waals surface area contributed by atoms with Crippen LogP contribution >= 0.6 is 0 Å². The highest BCUT2D eigenvalue weighted by Crippen LogP contribution is 2.15. The molecule has 2 rings (SSSR count). The standard InChI is InChI=1S/C19H30N4O3/c1-6-20-17(21-11-14-7-9-16(25-5)10-8-14)22-15-12-23(13-15)18(24)26-19(2,3)4/h7-10,15H,6,11-13H2,1-5H3,(H2,20,21,22). The van der Waals surface area contributed by atoms with E-state index >= 15 is 0 Å². The summed E-state index contributed by atoms with van der Waals surface area (Å²) in [7, 11) is 1.65. The Morgan fingerprint density at radius 2 is 1.92 bits per heavy atom. The zero-order valence-electron chi connectivity index (χ0n) is 16.3. The Hall–Kier alpha value is -2.44. The van der Waals surface area contributed by atoms with Crippen molar-refractivity contribution in [3.63, 3.8) is 0 Å². The fourth-order valence-electron chi connectivity index (χ4n) is 2.46. The molecule has 7 nitrogen and oxygen atoms in total. The van der Waals surface area contributed by atoms with Crippen LogP contribution in [-0.4, -0.2) is 55.3 Å². The fraction of sp³-hybridized carbons (Fsp3) is 0.579. The molecule has 0 unspecified atom stereocenters. The summed E-state index contributed by atoms with van der Waals surface area (Å²) in [6.07, 6.45) is -0.268. The van der Waals surface area contributed by atoms with Gasteiger partial charge in [0, 0.05) is 19.6 Å². The van der Waals surface area contributed by atoms with E-state index in [9.17, 15) is 4.79 Å². The smallest absolute Gasteiger partial charge is 0.410 e. The van der Waals surface area contributed by atoms with Gasteiger partial charge in [-0.1, -0.05) is 12.1 Å². The summed E-state index contributed by atoms with van der Waals surface area (Å²) in [5.74, 6) is 1.58. The van der Waals surface area contributed by atoms with Gasteiger partial charge in [0.1, 0.15) is 11.4 Å². The molecule has 7 heteroatoms. The number of methoxy groups -OCH3 is 1. The fourth-order valence-corrected chi connectivity index (χ4v) is 2.46. The highest BCUT2D eigenvalue weighted by Gasteiger charge is 2.34. The summed E-state index contributed by atoms with van der Waals surface area (Å²) in [6.45, 7) is 10.2. The lowest BCUT2D eigenvalue weighted by atomic mass is 10.1. The van der Waals surface area contributed by atoms with E-state index < -0.39 is 5.60 Å². The number of rotatable bonds is 5. The number of hydrogen-bond acceptors (Lipinski definition) is 4. The van der Waals surface area contributed by atoms with Crippen LogP contribution in [0.5, 0.6) is 5.75 Å². The van der Waals surface area contributed by atoms with E-state index in [1.165, 1.54) is 0 Å². The predicted octanol–water partition coefficient (Wildman–Crippen LogP) is 2.37. The second-order valence-electron chi connectivity index (χ2n) is 7.27. The average Bonchev–Trinajstić information content (AvgIpc) is 2.54. The van der Waals surface area contributed by atoms with E-state index in [4.69, 9.17) is 9.47 Å². The molecular formula is C19H30N4O3.